The highest BCUT2D eigenvalue weighted by Gasteiger charge is 2.14. The molecule has 106 valence electrons. The molecule has 19 heavy (non-hydrogen) atoms. The molecule has 0 bridgehead atoms. The van der Waals surface area contributed by atoms with Gasteiger partial charge in [-0.2, -0.15) is 0 Å². The number of hydrogen-bond acceptors (Lipinski definition) is 3. The van der Waals surface area contributed by atoms with Crippen LogP contribution >= 0.6 is 0 Å². The van der Waals surface area contributed by atoms with Crippen LogP contribution in [-0.4, -0.2) is 31.9 Å². The van der Waals surface area contributed by atoms with Gasteiger partial charge in [-0.15, -0.1) is 0 Å². The van der Waals surface area contributed by atoms with Crippen molar-refractivity contribution in [3.63, 3.8) is 0 Å². The van der Waals surface area contributed by atoms with Gasteiger partial charge in [0.2, 0.25) is 0 Å². The second-order valence-electron chi connectivity index (χ2n) is 5.42. The summed E-state index contributed by atoms with van der Waals surface area (Å²) in [5.41, 5.74) is 1.26. The standard InChI is InChI=1S/C16H25NO2/c1-13-6-8-15(9-7-13)19-12-14(2)17-11-16-5-3-4-10-18-16/h6-9,14,16-17H,3-5,10-12H2,1-2H3. The maximum absolute atomic E-state index is 5.76. The third-order valence-electron chi connectivity index (χ3n) is 3.49. The number of rotatable bonds is 6. The first kappa shape index (κ1) is 14.4. The van der Waals surface area contributed by atoms with Gasteiger partial charge in [-0.1, -0.05) is 17.7 Å². The Hall–Kier alpha value is -1.06. The van der Waals surface area contributed by atoms with Crippen molar-refractivity contribution >= 4 is 0 Å². The number of ether oxygens (including phenoxy) is 2. The Morgan fingerprint density at radius 3 is 2.79 bits per heavy atom. The van der Waals surface area contributed by atoms with E-state index in [4.69, 9.17) is 9.47 Å². The van der Waals surface area contributed by atoms with Crippen molar-refractivity contribution in [2.24, 2.45) is 0 Å². The maximum Gasteiger partial charge on any atom is 0.119 e. The van der Waals surface area contributed by atoms with E-state index in [-0.39, 0.29) is 0 Å². The highest BCUT2D eigenvalue weighted by molar-refractivity contribution is 5.26. The summed E-state index contributed by atoms with van der Waals surface area (Å²) in [5, 5.41) is 3.48. The van der Waals surface area contributed by atoms with Crippen LogP contribution in [0.15, 0.2) is 24.3 Å². The summed E-state index contributed by atoms with van der Waals surface area (Å²) in [7, 11) is 0. The van der Waals surface area contributed by atoms with Gasteiger partial charge in [-0.05, 0) is 45.2 Å². The molecule has 1 aliphatic rings. The second-order valence-corrected chi connectivity index (χ2v) is 5.42. The van der Waals surface area contributed by atoms with E-state index in [0.29, 0.717) is 18.8 Å². The molecule has 2 unspecified atom stereocenters. The average molecular weight is 263 g/mol. The number of nitrogens with one attached hydrogen (secondary N) is 1. The Morgan fingerprint density at radius 1 is 1.32 bits per heavy atom. The van der Waals surface area contributed by atoms with Crippen molar-refractivity contribution in [2.45, 2.75) is 45.3 Å². The van der Waals surface area contributed by atoms with Crippen LogP contribution in [0.4, 0.5) is 0 Å². The minimum absolute atomic E-state index is 0.340. The van der Waals surface area contributed by atoms with E-state index in [1.807, 2.05) is 12.1 Å². The fourth-order valence-corrected chi connectivity index (χ4v) is 2.22. The Labute approximate surface area is 116 Å². The molecule has 1 aromatic rings. The quantitative estimate of drug-likeness (QED) is 0.856. The summed E-state index contributed by atoms with van der Waals surface area (Å²) in [6.45, 7) is 6.77. The molecule has 2 rings (SSSR count). The SMILES string of the molecule is Cc1ccc(OCC(C)NCC2CCCCO2)cc1. The van der Waals surface area contributed by atoms with Crippen molar-refractivity contribution in [2.75, 3.05) is 19.8 Å². The fourth-order valence-electron chi connectivity index (χ4n) is 2.22. The molecule has 3 nitrogen and oxygen atoms in total. The number of hydrogen-bond donors (Lipinski definition) is 1. The lowest BCUT2D eigenvalue weighted by Crippen LogP contribution is -2.39. The molecular weight excluding hydrogens is 238 g/mol. The molecule has 0 amide bonds. The third-order valence-corrected chi connectivity index (χ3v) is 3.49. The van der Waals surface area contributed by atoms with E-state index in [1.165, 1.54) is 24.8 Å². The molecule has 1 aliphatic heterocycles. The van der Waals surface area contributed by atoms with E-state index in [9.17, 15) is 0 Å². The first-order valence-electron chi connectivity index (χ1n) is 7.28. The lowest BCUT2D eigenvalue weighted by Gasteiger charge is -2.24. The highest BCUT2D eigenvalue weighted by atomic mass is 16.5. The van der Waals surface area contributed by atoms with E-state index in [2.05, 4.69) is 31.3 Å². The number of benzene rings is 1. The Kier molecular flexibility index (Phi) is 5.67. The smallest absolute Gasteiger partial charge is 0.119 e. The van der Waals surface area contributed by atoms with Crippen molar-refractivity contribution < 1.29 is 9.47 Å². The second kappa shape index (κ2) is 7.51. The van der Waals surface area contributed by atoms with Gasteiger partial charge in [-0.3, -0.25) is 0 Å². The van der Waals surface area contributed by atoms with E-state index in [1.54, 1.807) is 0 Å². The van der Waals surface area contributed by atoms with Gasteiger partial charge < -0.3 is 14.8 Å². The summed E-state index contributed by atoms with van der Waals surface area (Å²) in [4.78, 5) is 0. The minimum atomic E-state index is 0.340. The Balaban J connectivity index is 1.63. The van der Waals surface area contributed by atoms with Gasteiger partial charge >= 0.3 is 0 Å². The first-order valence-corrected chi connectivity index (χ1v) is 7.28. The average Bonchev–Trinajstić information content (AvgIpc) is 2.45. The number of aryl methyl sites for hydroxylation is 1. The van der Waals surface area contributed by atoms with Gasteiger partial charge in [0.15, 0.2) is 0 Å². The van der Waals surface area contributed by atoms with Crippen molar-refractivity contribution in [1.82, 2.24) is 5.32 Å². The topological polar surface area (TPSA) is 30.5 Å². The molecule has 1 fully saturated rings. The van der Waals surface area contributed by atoms with Gasteiger partial charge in [0.25, 0.3) is 0 Å². The molecule has 2 atom stereocenters. The predicted molar refractivity (Wildman–Crippen MR) is 77.7 cm³/mol. The van der Waals surface area contributed by atoms with Gasteiger partial charge in [-0.25, -0.2) is 0 Å². The first-order chi connectivity index (χ1) is 9.24. The molecule has 1 saturated heterocycles. The normalized spacial score (nSPS) is 21.1. The van der Waals surface area contributed by atoms with Crippen LogP contribution in [0.25, 0.3) is 0 Å². The minimum Gasteiger partial charge on any atom is -0.492 e. The molecule has 3 heteroatoms. The molecule has 1 N–H and O–H groups in total. The fraction of sp³-hybridized carbons (Fsp3) is 0.625. The van der Waals surface area contributed by atoms with Crippen molar-refractivity contribution in [3.05, 3.63) is 29.8 Å². The van der Waals surface area contributed by atoms with Gasteiger partial charge in [0.1, 0.15) is 12.4 Å². The molecule has 1 heterocycles. The molecule has 0 aromatic heterocycles. The van der Waals surface area contributed by atoms with Crippen LogP contribution in [0, 0.1) is 6.92 Å². The summed E-state index contributed by atoms with van der Waals surface area (Å²) in [5.74, 6) is 0.938. The van der Waals surface area contributed by atoms with Crippen LogP contribution in [0.1, 0.15) is 31.7 Å². The van der Waals surface area contributed by atoms with Gasteiger partial charge in [0, 0.05) is 19.2 Å². The maximum atomic E-state index is 5.76. The molecular formula is C16H25NO2. The lowest BCUT2D eigenvalue weighted by atomic mass is 10.1. The summed E-state index contributed by atoms with van der Waals surface area (Å²) >= 11 is 0. The van der Waals surface area contributed by atoms with Gasteiger partial charge in [0.05, 0.1) is 6.10 Å². The lowest BCUT2D eigenvalue weighted by molar-refractivity contribution is 0.0148. The monoisotopic (exact) mass is 263 g/mol. The van der Waals surface area contributed by atoms with Crippen molar-refractivity contribution in [3.8, 4) is 5.75 Å². The highest BCUT2D eigenvalue weighted by Crippen LogP contribution is 2.13. The van der Waals surface area contributed by atoms with Crippen LogP contribution in [0.5, 0.6) is 5.75 Å². The zero-order chi connectivity index (χ0) is 13.5. The van der Waals surface area contributed by atoms with E-state index < -0.39 is 0 Å². The Bertz CT molecular complexity index is 358. The molecule has 0 aliphatic carbocycles. The zero-order valence-electron chi connectivity index (χ0n) is 12.0. The van der Waals surface area contributed by atoms with Crippen LogP contribution < -0.4 is 10.1 Å². The zero-order valence-corrected chi connectivity index (χ0v) is 12.0. The summed E-state index contributed by atoms with van der Waals surface area (Å²) < 4.78 is 11.5. The third kappa shape index (κ3) is 5.21. The van der Waals surface area contributed by atoms with E-state index in [0.717, 1.165) is 18.9 Å². The van der Waals surface area contributed by atoms with E-state index >= 15 is 0 Å². The van der Waals surface area contributed by atoms with Crippen LogP contribution in [0.2, 0.25) is 0 Å². The van der Waals surface area contributed by atoms with Crippen LogP contribution in [-0.2, 0) is 4.74 Å². The molecule has 0 spiro atoms. The molecule has 1 aromatic carbocycles. The predicted octanol–water partition coefficient (Wildman–Crippen LogP) is 2.92. The summed E-state index contributed by atoms with van der Waals surface area (Å²) in [6.07, 6.45) is 4.07. The van der Waals surface area contributed by atoms with Crippen LogP contribution in [0.3, 0.4) is 0 Å². The molecule has 0 radical (unpaired) electrons. The van der Waals surface area contributed by atoms with Crippen molar-refractivity contribution in [1.29, 1.82) is 0 Å². The Morgan fingerprint density at radius 2 is 2.11 bits per heavy atom. The molecule has 0 saturated carbocycles. The summed E-state index contributed by atoms with van der Waals surface area (Å²) in [6, 6.07) is 8.53. The largest absolute Gasteiger partial charge is 0.492 e.